The van der Waals surface area contributed by atoms with Crippen molar-refractivity contribution in [3.8, 4) is 16.9 Å². The molecule has 3 rings (SSSR count). The van der Waals surface area contributed by atoms with Crippen molar-refractivity contribution in [1.82, 2.24) is 0 Å². The molecule has 0 radical (unpaired) electrons. The molecule has 0 fully saturated rings. The number of phenols is 1. The molecule has 2 heteroatoms. The maximum atomic E-state index is 11.5. The molecule has 0 aliphatic heterocycles. The van der Waals surface area contributed by atoms with Gasteiger partial charge in [0.05, 0.1) is 0 Å². The van der Waals surface area contributed by atoms with E-state index in [1.54, 1.807) is 12.1 Å². The summed E-state index contributed by atoms with van der Waals surface area (Å²) in [7, 11) is 0. The second-order valence-corrected chi connectivity index (χ2v) is 6.85. The molecule has 0 aliphatic carbocycles. The number of allylic oxidation sites excluding steroid dienone is 1. The monoisotopic (exact) mass is 362 g/mol. The Morgan fingerprint density at radius 3 is 1.74 bits per heavy atom. The Morgan fingerprint density at radius 1 is 0.815 bits per heavy atom. The van der Waals surface area contributed by atoms with Gasteiger partial charge in [-0.05, 0) is 52.3 Å². The van der Waals surface area contributed by atoms with Crippen molar-refractivity contribution in [2.45, 2.75) is 20.3 Å². The zero-order valence-electron chi connectivity index (χ0n) is 16.0. The van der Waals surface area contributed by atoms with Gasteiger partial charge in [-0.3, -0.25) is 0 Å². The molecule has 140 valence electrons. The minimum Gasteiger partial charge on any atom is -0.508 e. The van der Waals surface area contributed by atoms with Gasteiger partial charge < -0.3 is 5.11 Å². The summed E-state index contributed by atoms with van der Waals surface area (Å²) in [4.78, 5) is 0. The van der Waals surface area contributed by atoms with Crippen molar-refractivity contribution in [3.05, 3.63) is 102 Å². The highest BCUT2D eigenvalue weighted by Gasteiger charge is 2.00. The molecule has 0 aromatic heterocycles. The van der Waals surface area contributed by atoms with E-state index < -0.39 is 0 Å². The number of aromatic hydroxyl groups is 1. The molecular weight excluding hydrogens is 335 g/mol. The Hall–Kier alpha value is -2.87. The Morgan fingerprint density at radius 2 is 1.30 bits per heavy atom. The van der Waals surface area contributed by atoms with E-state index in [2.05, 4.69) is 55.1 Å². The summed E-state index contributed by atoms with van der Waals surface area (Å²) in [5, 5.41) is 9.31. The number of hydrogen-bond donors (Lipinski definition) is 1. The second-order valence-electron chi connectivity index (χ2n) is 6.85. The first-order valence-electron chi connectivity index (χ1n) is 9.15. The van der Waals surface area contributed by atoms with E-state index in [4.69, 9.17) is 0 Å². The van der Waals surface area contributed by atoms with Gasteiger partial charge in [-0.25, -0.2) is 4.39 Å². The fourth-order valence-corrected chi connectivity index (χ4v) is 2.45. The van der Waals surface area contributed by atoms with E-state index in [0.29, 0.717) is 17.2 Å². The SMILES string of the molecule is C=C(CF)C(C)C.Oc1ccc(-c2ccc(Cc3ccccc3)cc2)cc1. The van der Waals surface area contributed by atoms with Gasteiger partial charge in [-0.2, -0.15) is 0 Å². The lowest BCUT2D eigenvalue weighted by atomic mass is 10.0. The number of rotatable bonds is 5. The number of benzene rings is 3. The van der Waals surface area contributed by atoms with Crippen LogP contribution in [0.1, 0.15) is 25.0 Å². The van der Waals surface area contributed by atoms with Crippen LogP contribution >= 0.6 is 0 Å². The Labute approximate surface area is 161 Å². The van der Waals surface area contributed by atoms with Crippen molar-refractivity contribution in [2.75, 3.05) is 6.67 Å². The topological polar surface area (TPSA) is 20.2 Å². The lowest BCUT2D eigenvalue weighted by Crippen LogP contribution is -1.92. The predicted octanol–water partition coefficient (Wildman–Crippen LogP) is 6.82. The van der Waals surface area contributed by atoms with Crippen LogP contribution in [0.2, 0.25) is 0 Å². The first-order valence-corrected chi connectivity index (χ1v) is 9.15. The van der Waals surface area contributed by atoms with Crippen molar-refractivity contribution < 1.29 is 9.50 Å². The molecule has 0 spiro atoms. The Bertz CT molecular complexity index is 818. The third-order valence-corrected chi connectivity index (χ3v) is 4.39. The van der Waals surface area contributed by atoms with Gasteiger partial charge in [-0.15, -0.1) is 0 Å². The van der Waals surface area contributed by atoms with Gasteiger partial charge in [-0.1, -0.05) is 87.2 Å². The second kappa shape index (κ2) is 10.3. The molecule has 0 bridgehead atoms. The van der Waals surface area contributed by atoms with Crippen molar-refractivity contribution >= 4 is 0 Å². The quantitative estimate of drug-likeness (QED) is 0.494. The third-order valence-electron chi connectivity index (χ3n) is 4.39. The smallest absolute Gasteiger partial charge is 0.115 e. The summed E-state index contributed by atoms with van der Waals surface area (Å²) < 4.78 is 11.5. The fraction of sp³-hybridized carbons (Fsp3) is 0.200. The predicted molar refractivity (Wildman–Crippen MR) is 113 cm³/mol. The average molecular weight is 362 g/mol. The summed E-state index contributed by atoms with van der Waals surface area (Å²) in [6.07, 6.45) is 0.955. The zero-order valence-corrected chi connectivity index (χ0v) is 16.0. The molecule has 1 nitrogen and oxygen atoms in total. The Balaban J connectivity index is 0.000000321. The van der Waals surface area contributed by atoms with E-state index in [0.717, 1.165) is 12.0 Å². The molecule has 0 heterocycles. The minimum atomic E-state index is -0.377. The molecule has 0 saturated carbocycles. The lowest BCUT2D eigenvalue weighted by molar-refractivity contribution is 0.475. The van der Waals surface area contributed by atoms with Crippen LogP contribution in [0.5, 0.6) is 5.75 Å². The van der Waals surface area contributed by atoms with Gasteiger partial charge in [0.2, 0.25) is 0 Å². The van der Waals surface area contributed by atoms with Crippen LogP contribution in [0.25, 0.3) is 11.1 Å². The van der Waals surface area contributed by atoms with Crippen LogP contribution in [0.4, 0.5) is 4.39 Å². The molecule has 0 aliphatic rings. The van der Waals surface area contributed by atoms with Crippen LogP contribution in [-0.2, 0) is 6.42 Å². The largest absolute Gasteiger partial charge is 0.508 e. The number of halogens is 1. The average Bonchev–Trinajstić information content (AvgIpc) is 2.70. The zero-order chi connectivity index (χ0) is 19.6. The molecule has 27 heavy (non-hydrogen) atoms. The van der Waals surface area contributed by atoms with Gasteiger partial charge in [0.15, 0.2) is 0 Å². The van der Waals surface area contributed by atoms with Crippen LogP contribution < -0.4 is 0 Å². The van der Waals surface area contributed by atoms with Gasteiger partial charge in [0.25, 0.3) is 0 Å². The normalized spacial score (nSPS) is 10.2. The number of alkyl halides is 1. The molecule has 0 amide bonds. The first kappa shape index (κ1) is 20.4. The standard InChI is InChI=1S/C19H16O.C6H11F/c20-19-12-10-18(11-13-19)17-8-6-16(7-9-17)14-15-4-2-1-3-5-15;1-5(2)6(3)4-7/h1-13,20H,14H2;5H,3-4H2,1-2H3. The molecule has 1 N–H and O–H groups in total. The van der Waals surface area contributed by atoms with E-state index in [9.17, 15) is 9.50 Å². The Kier molecular flexibility index (Phi) is 7.81. The van der Waals surface area contributed by atoms with Crippen molar-refractivity contribution in [3.63, 3.8) is 0 Å². The van der Waals surface area contributed by atoms with Crippen LogP contribution in [0.3, 0.4) is 0 Å². The van der Waals surface area contributed by atoms with Crippen LogP contribution in [-0.4, -0.2) is 11.8 Å². The highest BCUT2D eigenvalue weighted by Crippen LogP contribution is 2.22. The maximum Gasteiger partial charge on any atom is 0.115 e. The molecule has 0 unspecified atom stereocenters. The molecule has 0 atom stereocenters. The molecule has 0 saturated heterocycles. The fourth-order valence-electron chi connectivity index (χ4n) is 2.45. The minimum absolute atomic E-state index is 0.296. The van der Waals surface area contributed by atoms with E-state index in [-0.39, 0.29) is 6.67 Å². The van der Waals surface area contributed by atoms with Gasteiger partial charge in [0, 0.05) is 0 Å². The summed E-state index contributed by atoms with van der Waals surface area (Å²) in [6, 6.07) is 26.3. The lowest BCUT2D eigenvalue weighted by Gasteiger charge is -2.05. The molecular formula is C25H27FO. The van der Waals surface area contributed by atoms with E-state index in [1.165, 1.54) is 16.7 Å². The summed E-state index contributed by atoms with van der Waals surface area (Å²) in [5.41, 5.74) is 5.60. The van der Waals surface area contributed by atoms with Crippen LogP contribution in [0, 0.1) is 5.92 Å². The van der Waals surface area contributed by atoms with Gasteiger partial charge >= 0.3 is 0 Å². The highest BCUT2D eigenvalue weighted by molar-refractivity contribution is 5.64. The summed E-state index contributed by atoms with van der Waals surface area (Å²) >= 11 is 0. The summed E-state index contributed by atoms with van der Waals surface area (Å²) in [5.74, 6) is 0.597. The molecule has 3 aromatic carbocycles. The van der Waals surface area contributed by atoms with Gasteiger partial charge in [0.1, 0.15) is 12.4 Å². The van der Waals surface area contributed by atoms with E-state index >= 15 is 0 Å². The number of hydrogen-bond acceptors (Lipinski definition) is 1. The first-order chi connectivity index (χ1) is 13.0. The van der Waals surface area contributed by atoms with Crippen molar-refractivity contribution in [2.24, 2.45) is 5.92 Å². The van der Waals surface area contributed by atoms with E-state index in [1.807, 2.05) is 32.0 Å². The number of phenolic OH excluding ortho intramolecular Hbond substituents is 1. The highest BCUT2D eigenvalue weighted by atomic mass is 19.1. The van der Waals surface area contributed by atoms with Crippen molar-refractivity contribution in [1.29, 1.82) is 0 Å². The van der Waals surface area contributed by atoms with Crippen LogP contribution in [0.15, 0.2) is 91.0 Å². The third kappa shape index (κ3) is 6.74. The molecule has 3 aromatic rings. The maximum absolute atomic E-state index is 11.5. The summed E-state index contributed by atoms with van der Waals surface area (Å²) in [6.45, 7) is 6.99.